The van der Waals surface area contributed by atoms with Gasteiger partial charge in [0.25, 0.3) is 0 Å². The number of rotatable bonds is 2. The first-order chi connectivity index (χ1) is 20.2. The average molecular weight is 713 g/mol. The van der Waals surface area contributed by atoms with E-state index in [4.69, 9.17) is 0 Å². The van der Waals surface area contributed by atoms with Gasteiger partial charge < -0.3 is 24.8 Å². The van der Waals surface area contributed by atoms with Crippen molar-refractivity contribution in [2.75, 3.05) is 0 Å². The Hall–Kier alpha value is -2.44. The molecule has 0 fully saturated rings. The first-order valence-corrected chi connectivity index (χ1v) is 16.6. The molecule has 234 valence electrons. The van der Waals surface area contributed by atoms with Crippen molar-refractivity contribution in [2.24, 2.45) is 5.92 Å². The summed E-state index contributed by atoms with van der Waals surface area (Å²) in [5, 5.41) is 5.48. The summed E-state index contributed by atoms with van der Waals surface area (Å²) < 4.78 is 1.46. The van der Waals surface area contributed by atoms with Gasteiger partial charge in [0.05, 0.1) is 0 Å². The van der Waals surface area contributed by atoms with Crippen LogP contribution in [-0.4, -0.2) is 3.21 Å². The fourth-order valence-electron chi connectivity index (χ4n) is 5.41. The summed E-state index contributed by atoms with van der Waals surface area (Å²) >= 11 is 1.51. The Morgan fingerprint density at radius 2 is 1.13 bits per heavy atom. The van der Waals surface area contributed by atoms with Gasteiger partial charge in [-0.3, -0.25) is 6.08 Å². The predicted molar refractivity (Wildman–Crippen MR) is 187 cm³/mol. The minimum Gasteiger partial charge on any atom is -1.00 e. The average Bonchev–Trinajstić information content (AvgIpc) is 3.51. The SMILES string of the molecule is CC(C)(C)c1ccc2c(c1)[cH-]c1cc(C(C)(C)C)ccc12.CC1=[C-]C(C)C=C1c1ccccc1.C[C](=[Zr+2])c1ccccc1.[Cl-].[Cl-]. The van der Waals surface area contributed by atoms with Crippen molar-refractivity contribution in [2.45, 2.75) is 73.1 Å². The minimum atomic E-state index is 0. The van der Waals surface area contributed by atoms with Gasteiger partial charge in [0.2, 0.25) is 0 Å². The maximum absolute atomic E-state index is 3.39. The van der Waals surface area contributed by atoms with E-state index >= 15 is 0 Å². The van der Waals surface area contributed by atoms with Crippen LogP contribution in [0.2, 0.25) is 0 Å². The summed E-state index contributed by atoms with van der Waals surface area (Å²) in [6.45, 7) is 20.1. The molecule has 1 atom stereocenters. The number of benzene rings is 4. The summed E-state index contributed by atoms with van der Waals surface area (Å²) in [5.74, 6) is 0.468. The van der Waals surface area contributed by atoms with E-state index in [2.05, 4.69) is 165 Å². The summed E-state index contributed by atoms with van der Waals surface area (Å²) in [7, 11) is 0. The Morgan fingerprint density at radius 1 is 0.689 bits per heavy atom. The van der Waals surface area contributed by atoms with Crippen LogP contribution < -0.4 is 24.8 Å². The summed E-state index contributed by atoms with van der Waals surface area (Å²) in [6.07, 6.45) is 5.66. The molecule has 0 saturated carbocycles. The van der Waals surface area contributed by atoms with Gasteiger partial charge >= 0.3 is 70.3 Å². The second-order valence-corrected chi connectivity index (χ2v) is 15.6. The van der Waals surface area contributed by atoms with Crippen LogP contribution in [0.5, 0.6) is 0 Å². The van der Waals surface area contributed by atoms with Crippen molar-refractivity contribution < 1.29 is 49.0 Å². The monoisotopic (exact) mass is 710 g/mol. The molecular formula is C42H46Cl2Zr-2. The van der Waals surface area contributed by atoms with E-state index in [1.807, 2.05) is 12.1 Å². The predicted octanol–water partition coefficient (Wildman–Crippen LogP) is 5.56. The van der Waals surface area contributed by atoms with Gasteiger partial charge in [-0.1, -0.05) is 127 Å². The molecule has 0 radical (unpaired) electrons. The van der Waals surface area contributed by atoms with Crippen LogP contribution in [0.4, 0.5) is 0 Å². The fourth-order valence-corrected chi connectivity index (χ4v) is 5.82. The summed E-state index contributed by atoms with van der Waals surface area (Å²) in [6, 6.07) is 37.1. The summed E-state index contributed by atoms with van der Waals surface area (Å²) in [4.78, 5) is 0. The smallest absolute Gasteiger partial charge is 1.00 e. The van der Waals surface area contributed by atoms with Crippen LogP contribution >= 0.6 is 0 Å². The number of hydrogen-bond donors (Lipinski definition) is 0. The largest absolute Gasteiger partial charge is 1.00 e. The van der Waals surface area contributed by atoms with Gasteiger partial charge in [-0.2, -0.15) is 11.6 Å². The van der Waals surface area contributed by atoms with Gasteiger partial charge in [-0.05, 0) is 10.8 Å². The molecule has 45 heavy (non-hydrogen) atoms. The molecular weight excluding hydrogens is 667 g/mol. The Kier molecular flexibility index (Phi) is 14.1. The molecule has 1 unspecified atom stereocenters. The molecule has 0 saturated heterocycles. The molecule has 6 rings (SSSR count). The normalized spacial score (nSPS) is 14.2. The maximum atomic E-state index is 3.39. The van der Waals surface area contributed by atoms with E-state index in [0.717, 1.165) is 0 Å². The molecule has 0 aromatic heterocycles. The topological polar surface area (TPSA) is 0 Å². The van der Waals surface area contributed by atoms with E-state index < -0.39 is 0 Å². The van der Waals surface area contributed by atoms with Crippen molar-refractivity contribution >= 4 is 30.3 Å². The molecule has 0 N–H and O–H groups in total. The minimum absolute atomic E-state index is 0. The van der Waals surface area contributed by atoms with E-state index in [0.29, 0.717) is 5.92 Å². The van der Waals surface area contributed by atoms with Crippen LogP contribution in [0.25, 0.3) is 27.1 Å². The van der Waals surface area contributed by atoms with Crippen LogP contribution in [-0.2, 0) is 35.1 Å². The van der Waals surface area contributed by atoms with Crippen LogP contribution in [0.15, 0.2) is 115 Å². The summed E-state index contributed by atoms with van der Waals surface area (Å²) in [5.41, 5.74) is 8.50. The maximum Gasteiger partial charge on any atom is -1.00 e. The number of hydrogen-bond acceptors (Lipinski definition) is 0. The van der Waals surface area contributed by atoms with Crippen molar-refractivity contribution in [3.8, 4) is 0 Å². The third-order valence-corrected chi connectivity index (χ3v) is 8.70. The molecule has 1 aliphatic carbocycles. The molecule has 3 heteroatoms. The quantitative estimate of drug-likeness (QED) is 0.211. The molecule has 0 heterocycles. The van der Waals surface area contributed by atoms with Crippen LogP contribution in [0.1, 0.15) is 84.6 Å². The Balaban J connectivity index is 0.000000252. The van der Waals surface area contributed by atoms with Crippen molar-refractivity contribution in [3.05, 3.63) is 143 Å². The molecule has 0 nitrogen and oxygen atoms in total. The standard InChI is InChI=1S/C21H25.C13H13.C8H8.2ClH.Zr/c1-20(2,3)16-7-9-18-14(12-16)11-15-13-17(21(4,5)6)8-10-19(15)18;1-10-8-11(2)13(9-10)12-6-4-3-5-7-12;1-2-8-6-4-3-5-7-8;;;/h7-13H,1-6H3;3-7,9-10H,1-2H3;3-7H,1H3;2*1H;/q2*-1;;;;+2/p-2. The van der Waals surface area contributed by atoms with Crippen molar-refractivity contribution in [1.29, 1.82) is 0 Å². The number of halogens is 2. The number of allylic oxidation sites excluding steroid dienone is 4. The first kappa shape index (κ1) is 38.7. The molecule has 0 aliphatic heterocycles. The van der Waals surface area contributed by atoms with Crippen LogP contribution in [0.3, 0.4) is 0 Å². The molecule has 0 spiro atoms. The van der Waals surface area contributed by atoms with Gasteiger partial charge in [-0.15, -0.1) is 45.3 Å². The molecule has 0 bridgehead atoms. The second-order valence-electron chi connectivity index (χ2n) is 13.7. The van der Waals surface area contributed by atoms with E-state index in [-0.39, 0.29) is 35.6 Å². The van der Waals surface area contributed by atoms with Crippen LogP contribution in [0, 0.1) is 12.0 Å². The molecule has 1 aliphatic rings. The Bertz CT molecular complexity index is 1690. The van der Waals surface area contributed by atoms with Gasteiger partial charge in [0.1, 0.15) is 0 Å². The zero-order valence-corrected chi connectivity index (χ0v) is 32.2. The Morgan fingerprint density at radius 3 is 1.49 bits per heavy atom. The zero-order valence-electron chi connectivity index (χ0n) is 28.2. The fraction of sp³-hybridized carbons (Fsp3) is 0.286. The van der Waals surface area contributed by atoms with Crippen molar-refractivity contribution in [1.82, 2.24) is 0 Å². The molecule has 5 aromatic carbocycles. The van der Waals surface area contributed by atoms with E-state index in [1.165, 1.54) is 82.4 Å². The Labute approximate surface area is 299 Å². The first-order valence-electron chi connectivity index (χ1n) is 15.4. The number of fused-ring (bicyclic) bond motifs is 3. The van der Waals surface area contributed by atoms with Gasteiger partial charge in [0, 0.05) is 0 Å². The second kappa shape index (κ2) is 16.4. The van der Waals surface area contributed by atoms with E-state index in [1.54, 1.807) is 0 Å². The van der Waals surface area contributed by atoms with Gasteiger partial charge in [-0.25, -0.2) is 5.57 Å². The van der Waals surface area contributed by atoms with Gasteiger partial charge in [0.15, 0.2) is 0 Å². The third kappa shape index (κ3) is 10.3. The zero-order chi connectivity index (χ0) is 31.4. The molecule has 5 aromatic rings. The van der Waals surface area contributed by atoms with Crippen molar-refractivity contribution in [3.63, 3.8) is 0 Å². The van der Waals surface area contributed by atoms with E-state index in [9.17, 15) is 0 Å². The molecule has 0 amide bonds. The third-order valence-electron chi connectivity index (χ3n) is 7.99.